The molecule has 0 aromatic heterocycles. The molecule has 0 aliphatic heterocycles. The number of hydrogen-bond acceptors (Lipinski definition) is 2. The molecule has 0 spiro atoms. The Balaban J connectivity index is 4.50. The van der Waals surface area contributed by atoms with Gasteiger partial charge in [0.05, 0.1) is 0 Å². The molecule has 0 rings (SSSR count). The summed E-state index contributed by atoms with van der Waals surface area (Å²) < 4.78 is 0. The maximum Gasteiger partial charge on any atom is 0.253 e. The first-order valence-electron chi connectivity index (χ1n) is 4.28. The van der Waals surface area contributed by atoms with E-state index in [4.69, 9.17) is 0 Å². The minimum Gasteiger partial charge on any atom is -0.276 e. The minimum absolute atomic E-state index is 0.270. The smallest absolute Gasteiger partial charge is 0.253 e. The van der Waals surface area contributed by atoms with E-state index in [0.717, 1.165) is 0 Å². The molecule has 3 heteroatoms. The summed E-state index contributed by atoms with van der Waals surface area (Å²) in [5.74, 6) is -0.541. The lowest BCUT2D eigenvalue weighted by molar-refractivity contribution is -0.138. The number of allylic oxidation sites excluding steroid dienone is 2. The Morgan fingerprint density at radius 3 is 1.69 bits per heavy atom. The molecule has 0 saturated heterocycles. The standard InChI is InChI=1S/C10H15NO2/c1-4-7-9(12)11(6-3)10(13)8-5-2/h4-5,7-8H,6H2,1-3H3. The maximum absolute atomic E-state index is 11.3. The zero-order chi connectivity index (χ0) is 10.3. The van der Waals surface area contributed by atoms with Gasteiger partial charge in [-0.25, -0.2) is 0 Å². The molecule has 3 nitrogen and oxygen atoms in total. The highest BCUT2D eigenvalue weighted by Gasteiger charge is 2.13. The predicted molar refractivity (Wildman–Crippen MR) is 52.0 cm³/mol. The fourth-order valence-corrected chi connectivity index (χ4v) is 0.885. The van der Waals surface area contributed by atoms with Crippen molar-refractivity contribution in [1.82, 2.24) is 4.90 Å². The Morgan fingerprint density at radius 1 is 1.08 bits per heavy atom. The van der Waals surface area contributed by atoms with E-state index in [0.29, 0.717) is 6.54 Å². The van der Waals surface area contributed by atoms with E-state index in [1.807, 2.05) is 0 Å². The van der Waals surface area contributed by atoms with Crippen molar-refractivity contribution in [2.75, 3.05) is 6.54 Å². The number of imide groups is 1. The quantitative estimate of drug-likeness (QED) is 0.619. The summed E-state index contributed by atoms with van der Waals surface area (Å²) in [6.07, 6.45) is 6.00. The summed E-state index contributed by atoms with van der Waals surface area (Å²) in [7, 11) is 0. The van der Waals surface area contributed by atoms with E-state index in [-0.39, 0.29) is 11.8 Å². The minimum atomic E-state index is -0.270. The van der Waals surface area contributed by atoms with Crippen LogP contribution in [0.2, 0.25) is 0 Å². The van der Waals surface area contributed by atoms with E-state index < -0.39 is 0 Å². The Kier molecular flexibility index (Phi) is 5.52. The first-order valence-corrected chi connectivity index (χ1v) is 4.28. The van der Waals surface area contributed by atoms with Gasteiger partial charge in [0, 0.05) is 6.54 Å². The van der Waals surface area contributed by atoms with Crippen LogP contribution >= 0.6 is 0 Å². The third-order valence-corrected chi connectivity index (χ3v) is 1.47. The molecule has 0 saturated carbocycles. The molecule has 72 valence electrons. The Hall–Kier alpha value is -1.38. The summed E-state index contributed by atoms with van der Waals surface area (Å²) >= 11 is 0. The van der Waals surface area contributed by atoms with Crippen molar-refractivity contribution in [1.29, 1.82) is 0 Å². The molecule has 0 heterocycles. The number of amides is 2. The molecule has 0 N–H and O–H groups in total. The van der Waals surface area contributed by atoms with Crippen molar-refractivity contribution in [2.24, 2.45) is 0 Å². The summed E-state index contributed by atoms with van der Waals surface area (Å²) in [5, 5.41) is 0. The fourth-order valence-electron chi connectivity index (χ4n) is 0.885. The van der Waals surface area contributed by atoms with Crippen LogP contribution in [0.1, 0.15) is 20.8 Å². The summed E-state index contributed by atoms with van der Waals surface area (Å²) in [5.41, 5.74) is 0. The van der Waals surface area contributed by atoms with Crippen LogP contribution in [0.4, 0.5) is 0 Å². The zero-order valence-electron chi connectivity index (χ0n) is 8.28. The molecular formula is C10H15NO2. The van der Waals surface area contributed by atoms with Crippen LogP contribution in [-0.4, -0.2) is 23.3 Å². The van der Waals surface area contributed by atoms with Crippen molar-refractivity contribution in [2.45, 2.75) is 20.8 Å². The molecule has 0 unspecified atom stereocenters. The van der Waals surface area contributed by atoms with Crippen molar-refractivity contribution in [3.8, 4) is 0 Å². The highest BCUT2D eigenvalue weighted by Crippen LogP contribution is 1.94. The van der Waals surface area contributed by atoms with Gasteiger partial charge < -0.3 is 0 Å². The SMILES string of the molecule is CC=CC(=O)N(CC)C(=O)C=CC. The van der Waals surface area contributed by atoms with Crippen LogP contribution < -0.4 is 0 Å². The van der Waals surface area contributed by atoms with Gasteiger partial charge in [-0.1, -0.05) is 12.2 Å². The first kappa shape index (κ1) is 11.6. The summed E-state index contributed by atoms with van der Waals surface area (Å²) in [6, 6.07) is 0. The Morgan fingerprint density at radius 2 is 1.46 bits per heavy atom. The van der Waals surface area contributed by atoms with Gasteiger partial charge >= 0.3 is 0 Å². The van der Waals surface area contributed by atoms with Crippen LogP contribution in [-0.2, 0) is 9.59 Å². The third-order valence-electron chi connectivity index (χ3n) is 1.47. The molecule has 0 atom stereocenters. The molecule has 0 bridgehead atoms. The van der Waals surface area contributed by atoms with E-state index in [9.17, 15) is 9.59 Å². The molecule has 0 aromatic carbocycles. The largest absolute Gasteiger partial charge is 0.276 e. The number of likely N-dealkylation sites (N-methyl/N-ethyl adjacent to an activating group) is 1. The second-order valence-corrected chi connectivity index (χ2v) is 2.42. The number of rotatable bonds is 3. The van der Waals surface area contributed by atoms with Gasteiger partial charge in [-0.2, -0.15) is 0 Å². The van der Waals surface area contributed by atoms with Crippen molar-refractivity contribution < 1.29 is 9.59 Å². The maximum atomic E-state index is 11.3. The van der Waals surface area contributed by atoms with Gasteiger partial charge in [-0.05, 0) is 32.9 Å². The average Bonchev–Trinajstić information content (AvgIpc) is 2.06. The molecule has 0 aliphatic rings. The van der Waals surface area contributed by atoms with Gasteiger partial charge in [0.15, 0.2) is 0 Å². The highest BCUT2D eigenvalue weighted by atomic mass is 16.2. The molecule has 0 radical (unpaired) electrons. The first-order chi connectivity index (χ1) is 6.17. The average molecular weight is 181 g/mol. The summed E-state index contributed by atoms with van der Waals surface area (Å²) in [6.45, 7) is 5.65. The predicted octanol–water partition coefficient (Wildman–Crippen LogP) is 1.51. The third kappa shape index (κ3) is 3.69. The van der Waals surface area contributed by atoms with E-state index in [2.05, 4.69) is 0 Å². The van der Waals surface area contributed by atoms with Crippen LogP contribution in [0, 0.1) is 0 Å². The van der Waals surface area contributed by atoms with E-state index in [1.54, 1.807) is 32.9 Å². The molecule has 2 amide bonds. The molecule has 0 fully saturated rings. The van der Waals surface area contributed by atoms with Crippen LogP contribution in [0.15, 0.2) is 24.3 Å². The van der Waals surface area contributed by atoms with Crippen LogP contribution in [0.25, 0.3) is 0 Å². The van der Waals surface area contributed by atoms with Crippen molar-refractivity contribution >= 4 is 11.8 Å². The van der Waals surface area contributed by atoms with Crippen LogP contribution in [0.3, 0.4) is 0 Å². The van der Waals surface area contributed by atoms with E-state index >= 15 is 0 Å². The second-order valence-electron chi connectivity index (χ2n) is 2.42. The van der Waals surface area contributed by atoms with Gasteiger partial charge in [0.2, 0.25) is 0 Å². The Bertz CT molecular complexity index is 217. The lowest BCUT2D eigenvalue weighted by Gasteiger charge is -2.14. The van der Waals surface area contributed by atoms with Gasteiger partial charge in [-0.15, -0.1) is 0 Å². The van der Waals surface area contributed by atoms with Gasteiger partial charge in [-0.3, -0.25) is 14.5 Å². The van der Waals surface area contributed by atoms with Crippen LogP contribution in [0.5, 0.6) is 0 Å². The Labute approximate surface area is 78.7 Å². The van der Waals surface area contributed by atoms with Gasteiger partial charge in [0.25, 0.3) is 11.8 Å². The lowest BCUT2D eigenvalue weighted by Crippen LogP contribution is -2.34. The number of hydrogen-bond donors (Lipinski definition) is 0. The molecular weight excluding hydrogens is 166 g/mol. The number of carbonyl (C=O) groups is 2. The normalized spacial score (nSPS) is 11.0. The molecule has 0 aliphatic carbocycles. The van der Waals surface area contributed by atoms with Crippen molar-refractivity contribution in [3.05, 3.63) is 24.3 Å². The van der Waals surface area contributed by atoms with E-state index in [1.165, 1.54) is 17.1 Å². The molecule has 13 heavy (non-hydrogen) atoms. The second kappa shape index (κ2) is 6.17. The van der Waals surface area contributed by atoms with Gasteiger partial charge in [0.1, 0.15) is 0 Å². The topological polar surface area (TPSA) is 37.4 Å². The highest BCUT2D eigenvalue weighted by molar-refractivity contribution is 6.04. The fraction of sp³-hybridized carbons (Fsp3) is 0.400. The van der Waals surface area contributed by atoms with Crippen molar-refractivity contribution in [3.63, 3.8) is 0 Å². The lowest BCUT2D eigenvalue weighted by atomic mass is 10.3. The monoisotopic (exact) mass is 181 g/mol. The number of carbonyl (C=O) groups excluding carboxylic acids is 2. The molecule has 0 aromatic rings. The zero-order valence-corrected chi connectivity index (χ0v) is 8.28. The number of nitrogens with zero attached hydrogens (tertiary/aromatic N) is 1. The summed E-state index contributed by atoms with van der Waals surface area (Å²) in [4.78, 5) is 23.7.